The quantitative estimate of drug-likeness (QED) is 0.677. The van der Waals surface area contributed by atoms with Gasteiger partial charge in [0.2, 0.25) is 6.79 Å². The van der Waals surface area contributed by atoms with E-state index in [9.17, 15) is 4.79 Å². The molecule has 0 saturated carbocycles. The van der Waals surface area contributed by atoms with E-state index in [0.717, 1.165) is 11.1 Å². The fourth-order valence-electron chi connectivity index (χ4n) is 2.16. The Morgan fingerprint density at radius 1 is 1.17 bits per heavy atom. The molecule has 1 heterocycles. The van der Waals surface area contributed by atoms with Gasteiger partial charge in [-0.2, -0.15) is 5.10 Å². The van der Waals surface area contributed by atoms with Crippen molar-refractivity contribution in [2.24, 2.45) is 5.10 Å². The van der Waals surface area contributed by atoms with Crippen LogP contribution in [0.15, 0.2) is 41.5 Å². The molecule has 1 aliphatic heterocycles. The van der Waals surface area contributed by atoms with Gasteiger partial charge in [-0.25, -0.2) is 5.43 Å². The number of nitrogens with one attached hydrogen (secondary N) is 1. The van der Waals surface area contributed by atoms with E-state index in [4.69, 9.17) is 14.2 Å². The fraction of sp³-hybridized carbons (Fsp3) is 0.222. The van der Waals surface area contributed by atoms with E-state index in [1.54, 1.807) is 12.1 Å². The first-order chi connectivity index (χ1) is 11.6. The lowest BCUT2D eigenvalue weighted by Crippen LogP contribution is -2.24. The second-order valence-electron chi connectivity index (χ2n) is 5.44. The number of aryl methyl sites for hydroxylation is 2. The molecule has 6 heteroatoms. The second kappa shape index (κ2) is 7.04. The van der Waals surface area contributed by atoms with Crippen LogP contribution in [0, 0.1) is 13.8 Å². The first-order valence-electron chi connectivity index (χ1n) is 7.53. The first kappa shape index (κ1) is 15.9. The lowest BCUT2D eigenvalue weighted by atomic mass is 10.1. The van der Waals surface area contributed by atoms with Gasteiger partial charge in [0.15, 0.2) is 18.1 Å². The molecule has 0 aliphatic carbocycles. The van der Waals surface area contributed by atoms with Crippen molar-refractivity contribution in [1.29, 1.82) is 0 Å². The van der Waals surface area contributed by atoms with Crippen molar-refractivity contribution in [1.82, 2.24) is 5.43 Å². The summed E-state index contributed by atoms with van der Waals surface area (Å²) in [5.41, 5.74) is 5.53. The standard InChI is InChI=1S/C18H18N2O4/c1-12-3-5-15(7-13(12)2)22-10-18(21)20-19-9-14-4-6-16-17(8-14)24-11-23-16/h3-9H,10-11H2,1-2H3,(H,20,21). The Morgan fingerprint density at radius 2 is 2.00 bits per heavy atom. The van der Waals surface area contributed by atoms with Crippen LogP contribution in [0.4, 0.5) is 0 Å². The van der Waals surface area contributed by atoms with E-state index in [1.165, 1.54) is 11.8 Å². The molecule has 0 saturated heterocycles. The van der Waals surface area contributed by atoms with Crippen LogP contribution in [0.3, 0.4) is 0 Å². The number of carbonyl (C=O) groups is 1. The average molecular weight is 326 g/mol. The number of carbonyl (C=O) groups excluding carboxylic acids is 1. The highest BCUT2D eigenvalue weighted by molar-refractivity contribution is 5.83. The van der Waals surface area contributed by atoms with E-state index in [2.05, 4.69) is 10.5 Å². The average Bonchev–Trinajstić information content (AvgIpc) is 3.04. The number of nitrogens with zero attached hydrogens (tertiary/aromatic N) is 1. The summed E-state index contributed by atoms with van der Waals surface area (Å²) in [4.78, 5) is 11.8. The summed E-state index contributed by atoms with van der Waals surface area (Å²) >= 11 is 0. The summed E-state index contributed by atoms with van der Waals surface area (Å²) in [7, 11) is 0. The van der Waals surface area contributed by atoms with Crippen LogP contribution in [0.1, 0.15) is 16.7 Å². The zero-order valence-corrected chi connectivity index (χ0v) is 13.5. The Morgan fingerprint density at radius 3 is 2.83 bits per heavy atom. The Labute approximate surface area is 140 Å². The van der Waals surface area contributed by atoms with Crippen LogP contribution in [-0.2, 0) is 4.79 Å². The number of benzene rings is 2. The van der Waals surface area contributed by atoms with E-state index < -0.39 is 0 Å². The summed E-state index contributed by atoms with van der Waals surface area (Å²) < 4.78 is 16.0. The van der Waals surface area contributed by atoms with Gasteiger partial charge in [-0.3, -0.25) is 4.79 Å². The Kier molecular flexibility index (Phi) is 4.65. The second-order valence-corrected chi connectivity index (χ2v) is 5.44. The topological polar surface area (TPSA) is 69.2 Å². The molecule has 0 atom stereocenters. The molecule has 2 aromatic carbocycles. The van der Waals surface area contributed by atoms with Gasteiger partial charge < -0.3 is 14.2 Å². The highest BCUT2D eigenvalue weighted by Gasteiger charge is 2.12. The van der Waals surface area contributed by atoms with Gasteiger partial charge in [0.1, 0.15) is 5.75 Å². The van der Waals surface area contributed by atoms with E-state index in [1.807, 2.05) is 38.1 Å². The van der Waals surface area contributed by atoms with Gasteiger partial charge in [-0.05, 0) is 60.9 Å². The zero-order valence-electron chi connectivity index (χ0n) is 13.5. The van der Waals surface area contributed by atoms with Gasteiger partial charge in [0, 0.05) is 0 Å². The molecule has 6 nitrogen and oxygen atoms in total. The summed E-state index contributed by atoms with van der Waals surface area (Å²) in [6, 6.07) is 11.1. The minimum absolute atomic E-state index is 0.0963. The lowest BCUT2D eigenvalue weighted by molar-refractivity contribution is -0.123. The summed E-state index contributed by atoms with van der Waals surface area (Å²) in [5.74, 6) is 1.71. The fourth-order valence-corrected chi connectivity index (χ4v) is 2.16. The number of fused-ring (bicyclic) bond motifs is 1. The van der Waals surface area contributed by atoms with Gasteiger partial charge in [-0.15, -0.1) is 0 Å². The predicted octanol–water partition coefficient (Wildman–Crippen LogP) is 2.56. The smallest absolute Gasteiger partial charge is 0.277 e. The molecule has 1 aliphatic rings. The predicted molar refractivity (Wildman–Crippen MR) is 89.7 cm³/mol. The monoisotopic (exact) mass is 326 g/mol. The van der Waals surface area contributed by atoms with Gasteiger partial charge in [0.05, 0.1) is 6.21 Å². The van der Waals surface area contributed by atoms with Crippen molar-refractivity contribution in [2.45, 2.75) is 13.8 Å². The molecule has 24 heavy (non-hydrogen) atoms. The summed E-state index contributed by atoms with van der Waals surface area (Å²) in [6.07, 6.45) is 1.54. The SMILES string of the molecule is Cc1ccc(OCC(=O)NN=Cc2ccc3c(c2)OCO3)cc1C. The van der Waals surface area contributed by atoms with Crippen LogP contribution in [0.5, 0.6) is 17.2 Å². The third-order valence-corrected chi connectivity index (χ3v) is 3.65. The van der Waals surface area contributed by atoms with Crippen molar-refractivity contribution < 1.29 is 19.0 Å². The zero-order chi connectivity index (χ0) is 16.9. The maximum absolute atomic E-state index is 11.8. The number of hydrazone groups is 1. The van der Waals surface area contributed by atoms with Crippen LogP contribution in [0.2, 0.25) is 0 Å². The summed E-state index contributed by atoms with van der Waals surface area (Å²) in [6.45, 7) is 4.15. The molecule has 0 aromatic heterocycles. The van der Waals surface area contributed by atoms with Gasteiger partial charge in [0.25, 0.3) is 5.91 Å². The van der Waals surface area contributed by atoms with Crippen molar-refractivity contribution in [3.05, 3.63) is 53.1 Å². The minimum atomic E-state index is -0.328. The highest BCUT2D eigenvalue weighted by Crippen LogP contribution is 2.31. The maximum Gasteiger partial charge on any atom is 0.277 e. The van der Waals surface area contributed by atoms with Crippen LogP contribution in [0.25, 0.3) is 0 Å². The Hall–Kier alpha value is -3.02. The highest BCUT2D eigenvalue weighted by atomic mass is 16.7. The number of ether oxygens (including phenoxy) is 3. The molecular weight excluding hydrogens is 308 g/mol. The molecule has 0 unspecified atom stereocenters. The van der Waals surface area contributed by atoms with Gasteiger partial charge in [-0.1, -0.05) is 6.07 Å². The van der Waals surface area contributed by atoms with Crippen molar-refractivity contribution in [3.8, 4) is 17.2 Å². The molecule has 3 rings (SSSR count). The molecule has 1 N–H and O–H groups in total. The normalized spacial score (nSPS) is 12.4. The molecule has 0 spiro atoms. The van der Waals surface area contributed by atoms with E-state index >= 15 is 0 Å². The largest absolute Gasteiger partial charge is 0.484 e. The van der Waals surface area contributed by atoms with Gasteiger partial charge >= 0.3 is 0 Å². The number of amides is 1. The molecular formula is C18H18N2O4. The third kappa shape index (κ3) is 3.84. The third-order valence-electron chi connectivity index (χ3n) is 3.65. The molecule has 2 aromatic rings. The summed E-state index contributed by atoms with van der Waals surface area (Å²) in [5, 5.41) is 3.91. The number of hydrogen-bond acceptors (Lipinski definition) is 5. The molecule has 0 radical (unpaired) electrons. The first-order valence-corrected chi connectivity index (χ1v) is 7.53. The minimum Gasteiger partial charge on any atom is -0.484 e. The Bertz CT molecular complexity index is 787. The number of hydrogen-bond donors (Lipinski definition) is 1. The van der Waals surface area contributed by atoms with Crippen molar-refractivity contribution >= 4 is 12.1 Å². The Balaban J connectivity index is 1.49. The number of rotatable bonds is 5. The van der Waals surface area contributed by atoms with Crippen molar-refractivity contribution in [2.75, 3.05) is 13.4 Å². The van der Waals surface area contributed by atoms with Crippen molar-refractivity contribution in [3.63, 3.8) is 0 Å². The molecule has 0 bridgehead atoms. The molecule has 1 amide bonds. The van der Waals surface area contributed by atoms with Crippen LogP contribution >= 0.6 is 0 Å². The van der Waals surface area contributed by atoms with E-state index in [0.29, 0.717) is 17.2 Å². The molecule has 124 valence electrons. The van der Waals surface area contributed by atoms with Crippen LogP contribution < -0.4 is 19.6 Å². The lowest BCUT2D eigenvalue weighted by Gasteiger charge is -2.07. The maximum atomic E-state index is 11.8. The molecule has 0 fully saturated rings. The van der Waals surface area contributed by atoms with Crippen LogP contribution in [-0.4, -0.2) is 25.5 Å². The van der Waals surface area contributed by atoms with E-state index in [-0.39, 0.29) is 19.3 Å².